The van der Waals surface area contributed by atoms with Crippen molar-refractivity contribution >= 4 is 5.91 Å². The van der Waals surface area contributed by atoms with Crippen molar-refractivity contribution in [3.05, 3.63) is 23.8 Å². The van der Waals surface area contributed by atoms with E-state index in [-0.39, 0.29) is 17.7 Å². The van der Waals surface area contributed by atoms with Crippen LogP contribution in [0.2, 0.25) is 0 Å². The molecule has 2 aliphatic rings. The lowest BCUT2D eigenvalue weighted by molar-refractivity contribution is 0.0780. The second-order valence-corrected chi connectivity index (χ2v) is 6.19. The summed E-state index contributed by atoms with van der Waals surface area (Å²) in [6.45, 7) is 1.51. The Morgan fingerprint density at radius 3 is 2.86 bits per heavy atom. The molecule has 2 fully saturated rings. The Hall–Kier alpha value is -1.75. The summed E-state index contributed by atoms with van der Waals surface area (Å²) in [4.78, 5) is 14.5. The van der Waals surface area contributed by atoms with Crippen LogP contribution in [0.4, 0.5) is 0 Å². The Bertz CT molecular complexity index is 546. The van der Waals surface area contributed by atoms with E-state index in [1.54, 1.807) is 19.2 Å². The van der Waals surface area contributed by atoms with Crippen molar-refractivity contribution in [3.8, 4) is 11.5 Å². The van der Waals surface area contributed by atoms with Gasteiger partial charge in [0, 0.05) is 19.1 Å². The van der Waals surface area contributed by atoms with Crippen LogP contribution in [-0.4, -0.2) is 42.2 Å². The summed E-state index contributed by atoms with van der Waals surface area (Å²) in [6.07, 6.45) is 3.14. The third kappa shape index (κ3) is 2.70. The molecule has 1 saturated heterocycles. The number of likely N-dealkylation sites (tertiary alicyclic amines) is 1. The van der Waals surface area contributed by atoms with Gasteiger partial charge < -0.3 is 20.5 Å². The molecule has 0 aromatic heterocycles. The molecule has 1 heterocycles. The van der Waals surface area contributed by atoms with Gasteiger partial charge in [-0.05, 0) is 49.3 Å². The highest BCUT2D eigenvalue weighted by Gasteiger charge is 2.39. The number of amides is 1. The molecule has 3 atom stereocenters. The van der Waals surface area contributed by atoms with Gasteiger partial charge >= 0.3 is 0 Å². The normalized spacial score (nSPS) is 28.3. The zero-order chi connectivity index (χ0) is 15.0. The van der Waals surface area contributed by atoms with Gasteiger partial charge in [0.05, 0.1) is 12.7 Å². The largest absolute Gasteiger partial charge is 0.507 e. The van der Waals surface area contributed by atoms with Gasteiger partial charge in [-0.25, -0.2) is 0 Å². The molecular weight excluding hydrogens is 268 g/mol. The molecule has 1 aliphatic carbocycles. The first-order chi connectivity index (χ1) is 10.1. The van der Waals surface area contributed by atoms with Crippen LogP contribution in [0.5, 0.6) is 11.5 Å². The molecule has 1 unspecified atom stereocenters. The van der Waals surface area contributed by atoms with Gasteiger partial charge in [-0.3, -0.25) is 4.79 Å². The number of nitrogens with two attached hydrogens (primary N) is 1. The average Bonchev–Trinajstić information content (AvgIpc) is 2.90. The molecule has 21 heavy (non-hydrogen) atoms. The summed E-state index contributed by atoms with van der Waals surface area (Å²) in [5.74, 6) is 1.53. The van der Waals surface area contributed by atoms with Crippen molar-refractivity contribution in [2.24, 2.45) is 17.6 Å². The Morgan fingerprint density at radius 1 is 1.33 bits per heavy atom. The maximum atomic E-state index is 12.6. The van der Waals surface area contributed by atoms with Crippen LogP contribution in [0.1, 0.15) is 29.6 Å². The summed E-state index contributed by atoms with van der Waals surface area (Å²) in [5.41, 5.74) is 6.34. The number of carbonyl (C=O) groups is 1. The fourth-order valence-electron chi connectivity index (χ4n) is 3.62. The summed E-state index contributed by atoms with van der Waals surface area (Å²) in [5, 5.41) is 9.94. The summed E-state index contributed by atoms with van der Waals surface area (Å²) in [7, 11) is 1.55. The first kappa shape index (κ1) is 14.2. The quantitative estimate of drug-likeness (QED) is 0.867. The van der Waals surface area contributed by atoms with Crippen LogP contribution in [-0.2, 0) is 0 Å². The fraction of sp³-hybridized carbons (Fsp3) is 0.562. The number of fused-ring (bicyclic) bond motifs is 1. The minimum Gasteiger partial charge on any atom is -0.507 e. The molecule has 3 rings (SSSR count). The SMILES string of the molecule is COc1ccc(O)c(C(=O)N2C[C@H]3CCC(N)C[C@H]3C2)c1. The number of rotatable bonds is 2. The van der Waals surface area contributed by atoms with Crippen LogP contribution >= 0.6 is 0 Å². The molecule has 0 bridgehead atoms. The first-order valence-electron chi connectivity index (χ1n) is 7.50. The highest BCUT2D eigenvalue weighted by atomic mass is 16.5. The van der Waals surface area contributed by atoms with E-state index in [0.29, 0.717) is 23.1 Å². The molecular formula is C16H22N2O3. The molecule has 0 radical (unpaired) electrons. The van der Waals surface area contributed by atoms with Crippen LogP contribution in [0.3, 0.4) is 0 Å². The predicted octanol–water partition coefficient (Wildman–Crippen LogP) is 1.60. The lowest BCUT2D eigenvalue weighted by atomic mass is 9.79. The lowest BCUT2D eigenvalue weighted by Gasteiger charge is -2.27. The van der Waals surface area contributed by atoms with E-state index in [4.69, 9.17) is 10.5 Å². The maximum Gasteiger partial charge on any atom is 0.257 e. The molecule has 1 aliphatic heterocycles. The smallest absolute Gasteiger partial charge is 0.257 e. The van der Waals surface area contributed by atoms with E-state index < -0.39 is 0 Å². The van der Waals surface area contributed by atoms with Crippen molar-refractivity contribution in [3.63, 3.8) is 0 Å². The van der Waals surface area contributed by atoms with E-state index in [0.717, 1.165) is 32.4 Å². The lowest BCUT2D eigenvalue weighted by Crippen LogP contribution is -2.32. The number of hydrogen-bond donors (Lipinski definition) is 2. The maximum absolute atomic E-state index is 12.6. The minimum atomic E-state index is -0.116. The Labute approximate surface area is 124 Å². The number of aromatic hydroxyl groups is 1. The second kappa shape index (κ2) is 5.56. The van der Waals surface area contributed by atoms with Crippen molar-refractivity contribution < 1.29 is 14.6 Å². The third-order valence-corrected chi connectivity index (χ3v) is 4.81. The number of ether oxygens (including phenoxy) is 1. The summed E-state index contributed by atoms with van der Waals surface area (Å²) in [6, 6.07) is 5.03. The van der Waals surface area contributed by atoms with Crippen molar-refractivity contribution in [2.75, 3.05) is 20.2 Å². The van der Waals surface area contributed by atoms with Crippen molar-refractivity contribution in [1.82, 2.24) is 4.90 Å². The van der Waals surface area contributed by atoms with Crippen molar-refractivity contribution in [2.45, 2.75) is 25.3 Å². The molecule has 1 amide bonds. The molecule has 0 spiro atoms. The average molecular weight is 290 g/mol. The van der Waals surface area contributed by atoms with Crippen LogP contribution in [0.25, 0.3) is 0 Å². The number of phenolic OH excluding ortho intramolecular Hbond substituents is 1. The van der Waals surface area contributed by atoms with Gasteiger partial charge in [0.1, 0.15) is 11.5 Å². The van der Waals surface area contributed by atoms with E-state index in [9.17, 15) is 9.90 Å². The molecule has 1 aromatic rings. The monoisotopic (exact) mass is 290 g/mol. The number of phenols is 1. The molecule has 5 nitrogen and oxygen atoms in total. The zero-order valence-electron chi connectivity index (χ0n) is 12.3. The standard InChI is InChI=1S/C16H22N2O3/c1-21-13-4-5-15(19)14(7-13)16(20)18-8-10-2-3-12(17)6-11(10)9-18/h4-5,7,10-12,19H,2-3,6,8-9,17H2,1H3/t10-,11+,12?/m1/s1. The Balaban J connectivity index is 1.77. The zero-order valence-corrected chi connectivity index (χ0v) is 12.3. The Morgan fingerprint density at radius 2 is 2.10 bits per heavy atom. The van der Waals surface area contributed by atoms with E-state index in [2.05, 4.69) is 0 Å². The number of benzene rings is 1. The molecule has 3 N–H and O–H groups in total. The Kier molecular flexibility index (Phi) is 3.76. The van der Waals surface area contributed by atoms with E-state index in [1.165, 1.54) is 6.07 Å². The second-order valence-electron chi connectivity index (χ2n) is 6.19. The van der Waals surface area contributed by atoms with Crippen LogP contribution < -0.4 is 10.5 Å². The molecule has 114 valence electrons. The number of methoxy groups -OCH3 is 1. The first-order valence-corrected chi connectivity index (χ1v) is 7.50. The molecule has 1 saturated carbocycles. The number of nitrogens with zero attached hydrogens (tertiary/aromatic N) is 1. The van der Waals surface area contributed by atoms with Crippen LogP contribution in [0.15, 0.2) is 18.2 Å². The molecule has 1 aromatic carbocycles. The van der Waals surface area contributed by atoms with Gasteiger partial charge in [-0.15, -0.1) is 0 Å². The number of hydrogen-bond acceptors (Lipinski definition) is 4. The predicted molar refractivity (Wildman–Crippen MR) is 79.4 cm³/mol. The minimum absolute atomic E-state index is 0.00683. The van der Waals surface area contributed by atoms with E-state index >= 15 is 0 Å². The fourth-order valence-corrected chi connectivity index (χ4v) is 3.62. The van der Waals surface area contributed by atoms with Gasteiger partial charge in [0.2, 0.25) is 0 Å². The highest BCUT2D eigenvalue weighted by molar-refractivity contribution is 5.97. The van der Waals surface area contributed by atoms with Gasteiger partial charge in [-0.2, -0.15) is 0 Å². The third-order valence-electron chi connectivity index (χ3n) is 4.81. The number of carbonyl (C=O) groups excluding carboxylic acids is 1. The van der Waals surface area contributed by atoms with E-state index in [1.807, 2.05) is 4.90 Å². The van der Waals surface area contributed by atoms with Crippen LogP contribution in [0, 0.1) is 11.8 Å². The van der Waals surface area contributed by atoms with Gasteiger partial charge in [0.25, 0.3) is 5.91 Å². The van der Waals surface area contributed by atoms with Gasteiger partial charge in [-0.1, -0.05) is 0 Å². The summed E-state index contributed by atoms with van der Waals surface area (Å²) < 4.78 is 5.13. The topological polar surface area (TPSA) is 75.8 Å². The highest BCUT2D eigenvalue weighted by Crippen LogP contribution is 2.37. The van der Waals surface area contributed by atoms with Crippen molar-refractivity contribution in [1.29, 1.82) is 0 Å². The summed E-state index contributed by atoms with van der Waals surface area (Å²) >= 11 is 0. The van der Waals surface area contributed by atoms with Gasteiger partial charge in [0.15, 0.2) is 0 Å². The molecule has 5 heteroatoms.